The first-order valence-corrected chi connectivity index (χ1v) is 9.96. The highest BCUT2D eigenvalue weighted by Gasteiger charge is 2.27. The molecule has 3 N–H and O–H groups in total. The summed E-state index contributed by atoms with van der Waals surface area (Å²) in [4.78, 5) is 17.3. The highest BCUT2D eigenvalue weighted by molar-refractivity contribution is 6.05. The Morgan fingerprint density at radius 3 is 2.68 bits per heavy atom. The Morgan fingerprint density at radius 1 is 1.10 bits per heavy atom. The third-order valence-electron chi connectivity index (χ3n) is 5.34. The molecule has 0 radical (unpaired) electrons. The van der Waals surface area contributed by atoms with Gasteiger partial charge in [-0.25, -0.2) is 4.79 Å². The second-order valence-corrected chi connectivity index (χ2v) is 7.45. The molecule has 1 atom stereocenters. The molecule has 0 aliphatic carbocycles. The number of aromatic hydroxyl groups is 1. The molecule has 2 aromatic heterocycles. The molecular weight excluding hydrogens is 392 g/mol. The van der Waals surface area contributed by atoms with E-state index in [-0.39, 0.29) is 17.4 Å². The van der Waals surface area contributed by atoms with Gasteiger partial charge >= 0.3 is 5.63 Å². The molecule has 154 valence electrons. The topological polar surface area (TPSA) is 104 Å². The van der Waals surface area contributed by atoms with Crippen molar-refractivity contribution in [1.82, 2.24) is 10.2 Å². The molecule has 4 aromatic rings. The van der Waals surface area contributed by atoms with Crippen molar-refractivity contribution in [3.05, 3.63) is 94.2 Å². The van der Waals surface area contributed by atoms with Gasteiger partial charge in [-0.15, -0.1) is 0 Å². The Kier molecular flexibility index (Phi) is 4.63. The minimum Gasteiger partial charge on any atom is -0.507 e. The first kappa shape index (κ1) is 18.9. The lowest BCUT2D eigenvalue weighted by molar-refractivity contribution is 0.432. The Morgan fingerprint density at radius 2 is 1.87 bits per heavy atom. The van der Waals surface area contributed by atoms with E-state index in [1.165, 1.54) is 6.07 Å². The van der Waals surface area contributed by atoms with Gasteiger partial charge in [0.2, 0.25) is 0 Å². The summed E-state index contributed by atoms with van der Waals surface area (Å²) in [6.07, 6.45) is 2.14. The molecule has 1 aliphatic rings. The third kappa shape index (κ3) is 3.50. The van der Waals surface area contributed by atoms with E-state index in [2.05, 4.69) is 15.5 Å². The van der Waals surface area contributed by atoms with Gasteiger partial charge in [0.05, 0.1) is 35.0 Å². The number of aryl methyl sites for hydroxylation is 1. The molecule has 7 nitrogen and oxygen atoms in total. The minimum atomic E-state index is -0.607. The SMILES string of the molecule is Cc1cc(O)c(C2=Nc3ccccc3N[C@H](c3cn[nH]c3-c3ccccc3)C2)c(=O)o1. The summed E-state index contributed by atoms with van der Waals surface area (Å²) >= 11 is 0. The summed E-state index contributed by atoms with van der Waals surface area (Å²) in [5.41, 5.74) is 4.27. The molecule has 2 aromatic carbocycles. The van der Waals surface area contributed by atoms with Crippen molar-refractivity contribution in [2.75, 3.05) is 5.32 Å². The summed E-state index contributed by atoms with van der Waals surface area (Å²) < 4.78 is 5.25. The maximum atomic E-state index is 12.6. The lowest BCUT2D eigenvalue weighted by Gasteiger charge is -2.19. The largest absolute Gasteiger partial charge is 0.507 e. The number of aromatic nitrogens is 2. The summed E-state index contributed by atoms with van der Waals surface area (Å²) in [7, 11) is 0. The average Bonchev–Trinajstić information content (AvgIpc) is 3.16. The van der Waals surface area contributed by atoms with Crippen LogP contribution in [0, 0.1) is 6.92 Å². The van der Waals surface area contributed by atoms with E-state index in [1.54, 1.807) is 13.1 Å². The molecule has 3 heterocycles. The fraction of sp³-hybridized carbons (Fsp3) is 0.125. The lowest BCUT2D eigenvalue weighted by atomic mass is 9.95. The van der Waals surface area contributed by atoms with Crippen LogP contribution >= 0.6 is 0 Å². The predicted molar refractivity (Wildman–Crippen MR) is 119 cm³/mol. The average molecular weight is 412 g/mol. The zero-order chi connectivity index (χ0) is 21.4. The fourth-order valence-electron chi connectivity index (χ4n) is 3.92. The van der Waals surface area contributed by atoms with Crippen LogP contribution in [0.15, 0.2) is 81.1 Å². The minimum absolute atomic E-state index is 0.0823. The lowest BCUT2D eigenvalue weighted by Crippen LogP contribution is -2.20. The van der Waals surface area contributed by atoms with E-state index in [0.29, 0.717) is 23.6 Å². The molecular formula is C24H20N4O3. The van der Waals surface area contributed by atoms with Crippen molar-refractivity contribution >= 4 is 17.1 Å². The number of hydrogen-bond acceptors (Lipinski definition) is 6. The molecule has 0 saturated heterocycles. The molecule has 1 aliphatic heterocycles. The second-order valence-electron chi connectivity index (χ2n) is 7.45. The number of anilines is 1. The van der Waals surface area contributed by atoms with Crippen LogP contribution in [-0.4, -0.2) is 21.0 Å². The normalized spacial score (nSPS) is 15.5. The second kappa shape index (κ2) is 7.60. The number of aromatic amines is 1. The number of hydrogen-bond donors (Lipinski definition) is 3. The standard InChI is InChI=1S/C24H20N4O3/c1-14-11-21(29)22(24(30)31-14)20-12-19(26-17-9-5-6-10-18(17)27-20)16-13-25-28-23(16)15-7-3-2-4-8-15/h2-11,13,19,26,29H,12H2,1H3,(H,25,28)/t19-/m0/s1. The number of nitrogens with one attached hydrogen (secondary N) is 2. The summed E-state index contributed by atoms with van der Waals surface area (Å²) in [6.45, 7) is 1.62. The van der Waals surface area contributed by atoms with Gasteiger partial charge in [-0.1, -0.05) is 42.5 Å². The van der Waals surface area contributed by atoms with Crippen LogP contribution in [0.3, 0.4) is 0 Å². The van der Waals surface area contributed by atoms with Gasteiger partial charge in [-0.05, 0) is 24.6 Å². The van der Waals surface area contributed by atoms with Gasteiger partial charge in [0, 0.05) is 18.1 Å². The summed E-state index contributed by atoms with van der Waals surface area (Å²) in [5, 5.41) is 21.4. The number of aliphatic imine (C=N–C) groups is 1. The van der Waals surface area contributed by atoms with Crippen LogP contribution in [0.1, 0.15) is 29.3 Å². The maximum Gasteiger partial charge on any atom is 0.348 e. The Hall–Kier alpha value is -4.13. The van der Waals surface area contributed by atoms with Crippen molar-refractivity contribution in [1.29, 1.82) is 0 Å². The molecule has 0 unspecified atom stereocenters. The van der Waals surface area contributed by atoms with Crippen molar-refractivity contribution in [3.8, 4) is 17.0 Å². The number of nitrogens with zero attached hydrogens (tertiary/aromatic N) is 2. The van der Waals surface area contributed by atoms with E-state index in [4.69, 9.17) is 9.41 Å². The van der Waals surface area contributed by atoms with Gasteiger partial charge in [-0.3, -0.25) is 10.1 Å². The molecule has 0 saturated carbocycles. The summed E-state index contributed by atoms with van der Waals surface area (Å²) in [6, 6.07) is 18.7. The van der Waals surface area contributed by atoms with Crippen molar-refractivity contribution in [3.63, 3.8) is 0 Å². The Bertz CT molecular complexity index is 1340. The van der Waals surface area contributed by atoms with E-state index >= 15 is 0 Å². The molecule has 0 bridgehead atoms. The van der Waals surface area contributed by atoms with Crippen LogP contribution in [0.2, 0.25) is 0 Å². The van der Waals surface area contributed by atoms with E-state index in [1.807, 2.05) is 54.6 Å². The van der Waals surface area contributed by atoms with Gasteiger partial charge in [0.15, 0.2) is 0 Å². The quantitative estimate of drug-likeness (QED) is 0.452. The highest BCUT2D eigenvalue weighted by Crippen LogP contribution is 2.38. The molecule has 7 heteroatoms. The van der Waals surface area contributed by atoms with Crippen molar-refractivity contribution in [2.24, 2.45) is 4.99 Å². The van der Waals surface area contributed by atoms with Crippen LogP contribution in [-0.2, 0) is 0 Å². The highest BCUT2D eigenvalue weighted by atomic mass is 16.4. The van der Waals surface area contributed by atoms with E-state index < -0.39 is 5.63 Å². The molecule has 0 spiro atoms. The Labute approximate surface area is 178 Å². The number of H-pyrrole nitrogens is 1. The van der Waals surface area contributed by atoms with Crippen LogP contribution in [0.25, 0.3) is 11.3 Å². The van der Waals surface area contributed by atoms with Crippen LogP contribution in [0.4, 0.5) is 11.4 Å². The van der Waals surface area contributed by atoms with Crippen LogP contribution in [0.5, 0.6) is 5.75 Å². The van der Waals surface area contributed by atoms with Crippen molar-refractivity contribution in [2.45, 2.75) is 19.4 Å². The predicted octanol–water partition coefficient (Wildman–Crippen LogP) is 4.72. The molecule has 0 fully saturated rings. The van der Waals surface area contributed by atoms with Crippen molar-refractivity contribution < 1.29 is 9.52 Å². The number of rotatable bonds is 3. The Balaban J connectivity index is 1.65. The van der Waals surface area contributed by atoms with Gasteiger partial charge in [0.1, 0.15) is 17.1 Å². The zero-order valence-corrected chi connectivity index (χ0v) is 16.8. The zero-order valence-electron chi connectivity index (χ0n) is 16.8. The molecule has 31 heavy (non-hydrogen) atoms. The number of fused-ring (bicyclic) bond motifs is 1. The smallest absolute Gasteiger partial charge is 0.348 e. The fourth-order valence-corrected chi connectivity index (χ4v) is 3.92. The van der Waals surface area contributed by atoms with E-state index in [0.717, 1.165) is 22.5 Å². The monoisotopic (exact) mass is 412 g/mol. The summed E-state index contributed by atoms with van der Waals surface area (Å²) in [5.74, 6) is 0.206. The first-order chi connectivity index (χ1) is 15.1. The molecule has 5 rings (SSSR count). The third-order valence-corrected chi connectivity index (χ3v) is 5.34. The first-order valence-electron chi connectivity index (χ1n) is 9.96. The van der Waals surface area contributed by atoms with E-state index in [9.17, 15) is 9.90 Å². The van der Waals surface area contributed by atoms with Gasteiger partial charge in [-0.2, -0.15) is 5.10 Å². The maximum absolute atomic E-state index is 12.6. The van der Waals surface area contributed by atoms with Crippen LogP contribution < -0.4 is 10.9 Å². The number of benzene rings is 2. The van der Waals surface area contributed by atoms with Gasteiger partial charge < -0.3 is 14.8 Å². The van der Waals surface area contributed by atoms with Gasteiger partial charge in [0.25, 0.3) is 0 Å². The molecule has 0 amide bonds. The number of para-hydroxylation sites is 2.